The lowest BCUT2D eigenvalue weighted by atomic mass is 10.0. The first kappa shape index (κ1) is 9.85. The van der Waals surface area contributed by atoms with Gasteiger partial charge in [0.15, 0.2) is 11.6 Å². The van der Waals surface area contributed by atoms with Crippen LogP contribution in [0, 0.1) is 5.41 Å². The Morgan fingerprint density at radius 2 is 2.07 bits per heavy atom. The standard InChI is InChI=1S/C8H9N4O2/c9-7(10)4-2-1-3-5(13)6(4)8(11)12-14/h1-3,14H,(H3,9,10)(H2,11,12). The van der Waals surface area contributed by atoms with Crippen LogP contribution in [0.25, 0.3) is 0 Å². The van der Waals surface area contributed by atoms with Crippen molar-refractivity contribution in [2.24, 2.45) is 16.6 Å². The average molecular weight is 193 g/mol. The highest BCUT2D eigenvalue weighted by molar-refractivity contribution is 6.10. The number of oxime groups is 1. The fourth-order valence-corrected chi connectivity index (χ4v) is 1.07. The highest BCUT2D eigenvalue weighted by Crippen LogP contribution is 2.20. The molecule has 0 aliphatic carbocycles. The minimum Gasteiger partial charge on any atom is -0.409 e. The molecule has 0 aliphatic heterocycles. The van der Waals surface area contributed by atoms with Crippen molar-refractivity contribution in [1.82, 2.24) is 0 Å². The van der Waals surface area contributed by atoms with Gasteiger partial charge in [-0.15, -0.1) is 0 Å². The lowest BCUT2D eigenvalue weighted by Gasteiger charge is -2.06. The number of hydrogen-bond acceptors (Lipinski definition) is 3. The Kier molecular flexibility index (Phi) is 2.57. The molecule has 0 fully saturated rings. The van der Waals surface area contributed by atoms with Crippen molar-refractivity contribution < 1.29 is 10.3 Å². The summed E-state index contributed by atoms with van der Waals surface area (Å²) in [5, 5.41) is 29.6. The zero-order valence-corrected chi connectivity index (χ0v) is 7.19. The van der Waals surface area contributed by atoms with Gasteiger partial charge < -0.3 is 16.7 Å². The van der Waals surface area contributed by atoms with E-state index in [9.17, 15) is 5.11 Å². The summed E-state index contributed by atoms with van der Waals surface area (Å²) in [7, 11) is 0. The Labute approximate surface area is 80.0 Å². The second-order valence-corrected chi connectivity index (χ2v) is 2.58. The van der Waals surface area contributed by atoms with Crippen molar-refractivity contribution >= 4 is 11.7 Å². The van der Waals surface area contributed by atoms with Crippen molar-refractivity contribution in [2.45, 2.75) is 0 Å². The molecule has 0 bridgehead atoms. The van der Waals surface area contributed by atoms with E-state index in [1.807, 2.05) is 0 Å². The van der Waals surface area contributed by atoms with E-state index in [0.717, 1.165) is 0 Å². The number of hydrogen-bond donors (Lipinski definition) is 4. The molecular weight excluding hydrogens is 184 g/mol. The molecule has 1 radical (unpaired) electrons. The second kappa shape index (κ2) is 3.65. The summed E-state index contributed by atoms with van der Waals surface area (Å²) in [5.41, 5.74) is 10.6. The molecule has 0 amide bonds. The zero-order chi connectivity index (χ0) is 10.7. The van der Waals surface area contributed by atoms with Gasteiger partial charge in [-0.1, -0.05) is 17.3 Å². The number of rotatable bonds is 2. The summed E-state index contributed by atoms with van der Waals surface area (Å²) in [4.78, 5) is 0. The van der Waals surface area contributed by atoms with E-state index in [-0.39, 0.29) is 22.8 Å². The first-order valence-corrected chi connectivity index (χ1v) is 3.70. The molecule has 0 atom stereocenters. The van der Waals surface area contributed by atoms with Crippen molar-refractivity contribution in [1.29, 1.82) is 5.41 Å². The van der Waals surface area contributed by atoms with Crippen molar-refractivity contribution in [3.05, 3.63) is 29.3 Å². The molecule has 1 aromatic rings. The summed E-state index contributed by atoms with van der Waals surface area (Å²) >= 11 is 0. The minimum absolute atomic E-state index is 0.0532. The second-order valence-electron chi connectivity index (χ2n) is 2.58. The van der Waals surface area contributed by atoms with Gasteiger partial charge in [0.1, 0.15) is 5.84 Å². The predicted octanol–water partition coefficient (Wildman–Crippen LogP) is 0.209. The van der Waals surface area contributed by atoms with Crippen molar-refractivity contribution in [2.75, 3.05) is 0 Å². The van der Waals surface area contributed by atoms with E-state index >= 15 is 0 Å². The van der Waals surface area contributed by atoms with Crippen LogP contribution >= 0.6 is 0 Å². The molecule has 73 valence electrons. The normalized spacial score (nSPS) is 11.3. The van der Waals surface area contributed by atoms with Crippen molar-refractivity contribution in [3.8, 4) is 5.75 Å². The summed E-state index contributed by atoms with van der Waals surface area (Å²) in [5.74, 6) is -1.09. The number of nitrogens with one attached hydrogen (secondary N) is 1. The van der Waals surface area contributed by atoms with E-state index < -0.39 is 5.75 Å². The van der Waals surface area contributed by atoms with Crippen LogP contribution < -0.4 is 11.5 Å². The molecule has 0 spiro atoms. The van der Waals surface area contributed by atoms with Gasteiger partial charge >= 0.3 is 0 Å². The van der Waals surface area contributed by atoms with Gasteiger partial charge in [-0.25, -0.2) is 0 Å². The number of benzene rings is 1. The number of nitrogens with two attached hydrogens (primary N) is 2. The monoisotopic (exact) mass is 193 g/mol. The van der Waals surface area contributed by atoms with Gasteiger partial charge in [-0.3, -0.25) is 10.5 Å². The molecule has 0 saturated carbocycles. The Morgan fingerprint density at radius 3 is 2.57 bits per heavy atom. The maximum absolute atomic E-state index is 11.3. The van der Waals surface area contributed by atoms with Crippen LogP contribution in [0.1, 0.15) is 11.1 Å². The van der Waals surface area contributed by atoms with Crippen LogP contribution in [-0.4, -0.2) is 16.9 Å². The molecule has 0 aromatic heterocycles. The molecule has 6 nitrogen and oxygen atoms in total. The molecule has 14 heavy (non-hydrogen) atoms. The molecule has 0 aliphatic rings. The molecule has 1 rings (SSSR count). The van der Waals surface area contributed by atoms with Gasteiger partial charge in [0.05, 0.1) is 5.56 Å². The summed E-state index contributed by atoms with van der Waals surface area (Å²) in [6.45, 7) is 0. The van der Waals surface area contributed by atoms with Gasteiger partial charge in [0.2, 0.25) is 0 Å². The van der Waals surface area contributed by atoms with E-state index in [4.69, 9.17) is 22.1 Å². The lowest BCUT2D eigenvalue weighted by molar-refractivity contribution is 0.317. The quantitative estimate of drug-likeness (QED) is 0.232. The Balaban J connectivity index is 3.45. The minimum atomic E-state index is -0.437. The van der Waals surface area contributed by atoms with Crippen LogP contribution in [0.15, 0.2) is 23.4 Å². The fraction of sp³-hybridized carbons (Fsp3) is 0. The number of nitrogen functional groups attached to an aromatic ring is 1. The fourth-order valence-electron chi connectivity index (χ4n) is 1.07. The smallest absolute Gasteiger partial charge is 0.190 e. The van der Waals surface area contributed by atoms with Gasteiger partial charge in [-0.2, -0.15) is 0 Å². The van der Waals surface area contributed by atoms with Crippen LogP contribution in [0.5, 0.6) is 5.75 Å². The highest BCUT2D eigenvalue weighted by Gasteiger charge is 2.15. The Hall–Kier alpha value is -2.24. The molecule has 0 saturated heterocycles. The van der Waals surface area contributed by atoms with Crippen molar-refractivity contribution in [3.63, 3.8) is 0 Å². The van der Waals surface area contributed by atoms with E-state index in [2.05, 4.69) is 5.16 Å². The van der Waals surface area contributed by atoms with Gasteiger partial charge in [0, 0.05) is 5.56 Å². The van der Waals surface area contributed by atoms with Crippen LogP contribution in [0.3, 0.4) is 0 Å². The molecule has 6 heteroatoms. The van der Waals surface area contributed by atoms with E-state index in [1.54, 1.807) is 0 Å². The topological polar surface area (TPSA) is 128 Å². The SMILES string of the molecule is N=C(N)c1cccc([O])c1C(N)=NO. The molecule has 6 N–H and O–H groups in total. The third-order valence-electron chi connectivity index (χ3n) is 1.68. The summed E-state index contributed by atoms with van der Waals surface area (Å²) in [6.07, 6.45) is 0. The maximum atomic E-state index is 11.3. The number of nitrogens with zero attached hydrogens (tertiary/aromatic N) is 1. The molecule has 0 heterocycles. The number of amidine groups is 2. The largest absolute Gasteiger partial charge is 0.409 e. The Bertz CT molecular complexity index is 400. The molecule has 0 unspecified atom stereocenters. The Morgan fingerprint density at radius 1 is 1.43 bits per heavy atom. The van der Waals surface area contributed by atoms with Crippen LogP contribution in [0.4, 0.5) is 0 Å². The van der Waals surface area contributed by atoms with Gasteiger partial charge in [-0.05, 0) is 6.07 Å². The van der Waals surface area contributed by atoms with Crippen LogP contribution in [-0.2, 0) is 5.11 Å². The predicted molar refractivity (Wildman–Crippen MR) is 50.1 cm³/mol. The molecular formula is C8H9N4O2. The first-order chi connectivity index (χ1) is 6.57. The summed E-state index contributed by atoms with van der Waals surface area (Å²) in [6, 6.07) is 4.16. The van der Waals surface area contributed by atoms with E-state index in [1.165, 1.54) is 18.2 Å². The van der Waals surface area contributed by atoms with E-state index in [0.29, 0.717) is 0 Å². The third-order valence-corrected chi connectivity index (χ3v) is 1.68. The first-order valence-electron chi connectivity index (χ1n) is 3.70. The van der Waals surface area contributed by atoms with Gasteiger partial charge in [0.25, 0.3) is 0 Å². The van der Waals surface area contributed by atoms with Crippen LogP contribution in [0.2, 0.25) is 0 Å². The highest BCUT2D eigenvalue weighted by atomic mass is 16.4. The zero-order valence-electron chi connectivity index (χ0n) is 7.19. The summed E-state index contributed by atoms with van der Waals surface area (Å²) < 4.78 is 0. The maximum Gasteiger partial charge on any atom is 0.190 e. The lowest BCUT2D eigenvalue weighted by Crippen LogP contribution is -2.21. The molecule has 1 aromatic carbocycles. The average Bonchev–Trinajstić information content (AvgIpc) is 2.16. The third kappa shape index (κ3) is 1.58.